The van der Waals surface area contributed by atoms with Gasteiger partial charge in [0.25, 0.3) is 17.4 Å². The van der Waals surface area contributed by atoms with Crippen molar-refractivity contribution in [1.29, 1.82) is 10.5 Å². The molecule has 1 aliphatic heterocycles. The van der Waals surface area contributed by atoms with Crippen LogP contribution >= 0.6 is 0 Å². The molecule has 0 unspecified atom stereocenters. The fraction of sp³-hybridized carbons (Fsp3) is 0.400. The molecule has 1 aromatic rings. The van der Waals surface area contributed by atoms with Crippen molar-refractivity contribution in [2.24, 2.45) is 0 Å². The van der Waals surface area contributed by atoms with Gasteiger partial charge in [0.1, 0.15) is 23.3 Å². The van der Waals surface area contributed by atoms with Gasteiger partial charge in [0.15, 0.2) is 0 Å². The van der Waals surface area contributed by atoms with E-state index in [9.17, 15) is 30.0 Å². The molecular weight excluding hydrogens is 452 g/mol. The average molecular weight is 481 g/mol. The second kappa shape index (κ2) is 12.5. The van der Waals surface area contributed by atoms with Crippen molar-refractivity contribution >= 4 is 17.9 Å². The summed E-state index contributed by atoms with van der Waals surface area (Å²) in [6.07, 6.45) is 5.26. The van der Waals surface area contributed by atoms with E-state index in [1.54, 1.807) is 6.92 Å². The summed E-state index contributed by atoms with van der Waals surface area (Å²) < 4.78 is 11.1. The van der Waals surface area contributed by atoms with E-state index in [1.165, 1.54) is 39.4 Å². The molecule has 1 N–H and O–H groups in total. The van der Waals surface area contributed by atoms with Gasteiger partial charge in [-0.05, 0) is 50.0 Å². The molecule has 2 heterocycles. The molecule has 0 atom stereocenters. The number of nitrogens with zero attached hydrogens (tertiary/aromatic N) is 4. The summed E-state index contributed by atoms with van der Waals surface area (Å²) in [7, 11) is 3.03. The number of aromatic nitrogens is 1. The van der Waals surface area contributed by atoms with Crippen molar-refractivity contribution in [1.82, 2.24) is 9.47 Å². The maximum atomic E-state index is 13.0. The Morgan fingerprint density at radius 3 is 2.17 bits per heavy atom. The van der Waals surface area contributed by atoms with Gasteiger partial charge in [0, 0.05) is 51.7 Å². The minimum Gasteiger partial charge on any atom is -0.494 e. The van der Waals surface area contributed by atoms with Gasteiger partial charge in [-0.1, -0.05) is 6.08 Å². The number of amides is 2. The molecule has 0 saturated carbocycles. The smallest absolute Gasteiger partial charge is 0.271 e. The zero-order valence-corrected chi connectivity index (χ0v) is 20.3. The molecule has 0 fully saturated rings. The van der Waals surface area contributed by atoms with E-state index >= 15 is 0 Å². The Labute approximate surface area is 203 Å². The molecular formula is C25H28N4O6. The molecule has 0 aromatic carbocycles. The third kappa shape index (κ3) is 5.75. The van der Waals surface area contributed by atoms with Crippen molar-refractivity contribution in [3.8, 4) is 18.0 Å². The second-order valence-electron chi connectivity index (χ2n) is 7.81. The van der Waals surface area contributed by atoms with E-state index in [0.717, 1.165) is 9.47 Å². The van der Waals surface area contributed by atoms with E-state index in [1.807, 2.05) is 12.1 Å². The summed E-state index contributed by atoms with van der Waals surface area (Å²) in [5, 5.41) is 29.7. The lowest BCUT2D eigenvalue weighted by Gasteiger charge is -2.27. The Morgan fingerprint density at radius 1 is 0.971 bits per heavy atom. The molecule has 10 heteroatoms. The van der Waals surface area contributed by atoms with Crippen LogP contribution < -0.4 is 5.56 Å². The molecule has 0 radical (unpaired) electrons. The number of carbonyl (C=O) groups is 2. The van der Waals surface area contributed by atoms with E-state index in [2.05, 4.69) is 0 Å². The molecule has 0 bridgehead atoms. The largest absolute Gasteiger partial charge is 0.494 e. The summed E-state index contributed by atoms with van der Waals surface area (Å²) in [6.45, 7) is 4.04. The highest BCUT2D eigenvalue weighted by Crippen LogP contribution is 2.27. The first-order chi connectivity index (χ1) is 16.7. The number of methoxy groups -OCH3 is 2. The molecule has 1 aromatic heterocycles. The monoisotopic (exact) mass is 480 g/mol. The first kappa shape index (κ1) is 27.3. The molecule has 0 aliphatic carbocycles. The first-order valence-corrected chi connectivity index (χ1v) is 10.9. The topological polar surface area (TPSA) is 146 Å². The van der Waals surface area contributed by atoms with Crippen LogP contribution in [0.15, 0.2) is 33.7 Å². The number of aromatic hydroxyl groups is 1. The van der Waals surface area contributed by atoms with E-state index in [4.69, 9.17) is 9.47 Å². The van der Waals surface area contributed by atoms with Gasteiger partial charge in [-0.3, -0.25) is 23.9 Å². The Bertz CT molecular complexity index is 1240. The van der Waals surface area contributed by atoms with Crippen LogP contribution in [0, 0.1) is 29.6 Å². The van der Waals surface area contributed by atoms with Crippen molar-refractivity contribution in [2.45, 2.75) is 33.2 Å². The number of imide groups is 1. The zero-order chi connectivity index (χ0) is 26.1. The van der Waals surface area contributed by atoms with Gasteiger partial charge in [-0.15, -0.1) is 0 Å². The third-order valence-electron chi connectivity index (χ3n) is 5.66. The number of carbonyl (C=O) groups excluding carboxylic acids is 2. The fourth-order valence-electron chi connectivity index (χ4n) is 3.71. The van der Waals surface area contributed by atoms with Gasteiger partial charge in [-0.25, -0.2) is 0 Å². The summed E-state index contributed by atoms with van der Waals surface area (Å²) in [5.41, 5.74) is 0.120. The fourth-order valence-corrected chi connectivity index (χ4v) is 3.71. The standard InChI is InChI=1S/C25H28N4O6/c1-16-18(22(30)28(10-6-12-34-3)24(32)20(16)14-26)8-5-9-19-17(2)21(15-27)25(33)29(23(19)31)11-7-13-35-4/h5,8-9,30H,6-7,10-13H2,1-4H3/b8-5+,19-9+. The minimum absolute atomic E-state index is 0.0981. The number of hydrogen-bond acceptors (Lipinski definition) is 8. The lowest BCUT2D eigenvalue weighted by Crippen LogP contribution is -2.43. The minimum atomic E-state index is -0.650. The highest BCUT2D eigenvalue weighted by molar-refractivity contribution is 6.18. The number of nitriles is 2. The maximum Gasteiger partial charge on any atom is 0.271 e. The lowest BCUT2D eigenvalue weighted by molar-refractivity contribution is -0.140. The number of ether oxygens (including phenoxy) is 2. The third-order valence-corrected chi connectivity index (χ3v) is 5.66. The average Bonchev–Trinajstić information content (AvgIpc) is 2.83. The predicted octanol–water partition coefficient (Wildman–Crippen LogP) is 1.96. The molecule has 184 valence electrons. The normalized spacial score (nSPS) is 15.3. The Balaban J connectivity index is 2.52. The maximum absolute atomic E-state index is 13.0. The van der Waals surface area contributed by atoms with Crippen LogP contribution in [0.3, 0.4) is 0 Å². The van der Waals surface area contributed by atoms with Gasteiger partial charge in [-0.2, -0.15) is 10.5 Å². The van der Waals surface area contributed by atoms with Crippen LogP contribution in [-0.4, -0.2) is 60.4 Å². The van der Waals surface area contributed by atoms with Gasteiger partial charge < -0.3 is 14.6 Å². The van der Waals surface area contributed by atoms with Crippen LogP contribution in [-0.2, 0) is 25.6 Å². The Kier molecular flexibility index (Phi) is 9.71. The van der Waals surface area contributed by atoms with Gasteiger partial charge >= 0.3 is 0 Å². The summed E-state index contributed by atoms with van der Waals surface area (Å²) in [6, 6.07) is 3.76. The molecule has 35 heavy (non-hydrogen) atoms. The summed E-state index contributed by atoms with van der Waals surface area (Å²) in [5.74, 6) is -1.51. The molecule has 0 saturated heterocycles. The summed E-state index contributed by atoms with van der Waals surface area (Å²) in [4.78, 5) is 39.2. The van der Waals surface area contributed by atoms with Crippen LogP contribution in [0.4, 0.5) is 0 Å². The van der Waals surface area contributed by atoms with E-state index < -0.39 is 17.4 Å². The number of pyridine rings is 1. The Morgan fingerprint density at radius 2 is 1.60 bits per heavy atom. The zero-order valence-electron chi connectivity index (χ0n) is 20.3. The Hall–Kier alpha value is -3.99. The number of hydrogen-bond donors (Lipinski definition) is 1. The SMILES string of the molecule is COCCCN1C(=O)C(C#N)=C(C)/C(=C\C=C\c2c(C)c(C#N)c(=O)n(CCCOC)c2O)C1=O. The van der Waals surface area contributed by atoms with E-state index in [0.29, 0.717) is 31.6 Å². The molecule has 2 rings (SSSR count). The van der Waals surface area contributed by atoms with Gasteiger partial charge in [0.05, 0.1) is 0 Å². The highest BCUT2D eigenvalue weighted by atomic mass is 16.5. The number of rotatable bonds is 10. The van der Waals surface area contributed by atoms with Crippen molar-refractivity contribution in [2.75, 3.05) is 34.0 Å². The molecule has 0 spiro atoms. The summed E-state index contributed by atoms with van der Waals surface area (Å²) >= 11 is 0. The molecule has 10 nitrogen and oxygen atoms in total. The lowest BCUT2D eigenvalue weighted by atomic mass is 9.94. The van der Waals surface area contributed by atoms with Crippen molar-refractivity contribution in [3.63, 3.8) is 0 Å². The number of allylic oxidation sites excluding steroid dienone is 2. The van der Waals surface area contributed by atoms with Crippen LogP contribution in [0.1, 0.15) is 36.5 Å². The predicted molar refractivity (Wildman–Crippen MR) is 127 cm³/mol. The molecule has 2 amide bonds. The molecule has 1 aliphatic rings. The van der Waals surface area contributed by atoms with Crippen LogP contribution in [0.2, 0.25) is 0 Å². The van der Waals surface area contributed by atoms with Crippen molar-refractivity contribution in [3.05, 3.63) is 55.9 Å². The first-order valence-electron chi connectivity index (χ1n) is 10.9. The van der Waals surface area contributed by atoms with Gasteiger partial charge in [0.2, 0.25) is 5.88 Å². The van der Waals surface area contributed by atoms with Crippen molar-refractivity contribution < 1.29 is 24.2 Å². The van der Waals surface area contributed by atoms with Crippen LogP contribution in [0.25, 0.3) is 6.08 Å². The quantitative estimate of drug-likeness (QED) is 0.304. The van der Waals surface area contributed by atoms with E-state index in [-0.39, 0.29) is 46.8 Å². The highest BCUT2D eigenvalue weighted by Gasteiger charge is 2.34. The second-order valence-corrected chi connectivity index (χ2v) is 7.81. The van der Waals surface area contributed by atoms with Crippen LogP contribution in [0.5, 0.6) is 5.88 Å².